The second-order valence-corrected chi connectivity index (χ2v) is 8.41. The van der Waals surface area contributed by atoms with Crippen molar-refractivity contribution in [3.63, 3.8) is 0 Å². The highest BCUT2D eigenvalue weighted by molar-refractivity contribution is 6.31. The number of fused-ring (bicyclic) bond motifs is 1. The minimum Gasteiger partial charge on any atom is -0.494 e. The first kappa shape index (κ1) is 20.0. The molecule has 1 aliphatic rings. The van der Waals surface area contributed by atoms with E-state index in [9.17, 15) is 0 Å². The first-order valence-electron chi connectivity index (χ1n) is 10.4. The summed E-state index contributed by atoms with van der Waals surface area (Å²) in [4.78, 5) is 12.7. The van der Waals surface area contributed by atoms with E-state index in [-0.39, 0.29) is 0 Å². The molecule has 0 amide bonds. The van der Waals surface area contributed by atoms with Gasteiger partial charge >= 0.3 is 0 Å². The number of ether oxygens (including phenoxy) is 1. The highest BCUT2D eigenvalue weighted by Crippen LogP contribution is 2.39. The summed E-state index contributed by atoms with van der Waals surface area (Å²) in [6.45, 7) is 3.90. The van der Waals surface area contributed by atoms with E-state index in [4.69, 9.17) is 16.3 Å². The van der Waals surface area contributed by atoms with Crippen LogP contribution in [0, 0.1) is 0 Å². The van der Waals surface area contributed by atoms with Crippen LogP contribution in [0.3, 0.4) is 0 Å². The topological polar surface area (TPSA) is 44.4 Å². The Morgan fingerprint density at radius 2 is 1.90 bits per heavy atom. The maximum absolute atomic E-state index is 6.27. The number of pyridine rings is 1. The molecule has 0 aliphatic carbocycles. The van der Waals surface area contributed by atoms with Crippen LogP contribution in [-0.4, -0.2) is 55.2 Å². The Morgan fingerprint density at radius 1 is 1.14 bits per heavy atom. The van der Waals surface area contributed by atoms with Crippen LogP contribution in [0.5, 0.6) is 5.75 Å². The third kappa shape index (κ3) is 4.68. The van der Waals surface area contributed by atoms with Gasteiger partial charge in [0.2, 0.25) is 0 Å². The second-order valence-electron chi connectivity index (χ2n) is 7.98. The fourth-order valence-corrected chi connectivity index (χ4v) is 4.13. The Labute approximate surface area is 177 Å². The molecule has 3 heterocycles. The molecule has 5 nitrogen and oxygen atoms in total. The van der Waals surface area contributed by atoms with Gasteiger partial charge in [0.15, 0.2) is 0 Å². The molecule has 1 saturated heterocycles. The van der Waals surface area contributed by atoms with Crippen LogP contribution in [0.15, 0.2) is 36.5 Å². The lowest BCUT2D eigenvalue weighted by Gasteiger charge is -2.29. The summed E-state index contributed by atoms with van der Waals surface area (Å²) in [5.74, 6) is 0.907. The van der Waals surface area contributed by atoms with Gasteiger partial charge in [-0.1, -0.05) is 11.6 Å². The van der Waals surface area contributed by atoms with Crippen LogP contribution in [-0.2, 0) is 0 Å². The molecular formula is C23H29ClN4O. The number of nitrogens with one attached hydrogen (secondary N) is 1. The predicted octanol–water partition coefficient (Wildman–Crippen LogP) is 5.20. The zero-order valence-electron chi connectivity index (χ0n) is 17.2. The molecule has 0 bridgehead atoms. The van der Waals surface area contributed by atoms with E-state index < -0.39 is 0 Å². The van der Waals surface area contributed by atoms with E-state index >= 15 is 0 Å². The number of H-pyrrole nitrogens is 1. The molecule has 2 aromatic heterocycles. The van der Waals surface area contributed by atoms with Gasteiger partial charge in [0.25, 0.3) is 0 Å². The highest BCUT2D eigenvalue weighted by atomic mass is 35.5. The van der Waals surface area contributed by atoms with Crippen molar-refractivity contribution in [2.24, 2.45) is 0 Å². The fraction of sp³-hybridized carbons (Fsp3) is 0.435. The van der Waals surface area contributed by atoms with Gasteiger partial charge in [-0.15, -0.1) is 0 Å². The lowest BCUT2D eigenvalue weighted by Crippen LogP contribution is -2.29. The van der Waals surface area contributed by atoms with E-state index in [2.05, 4.69) is 58.1 Å². The van der Waals surface area contributed by atoms with Crippen molar-refractivity contribution in [3.05, 3.63) is 41.6 Å². The third-order valence-corrected chi connectivity index (χ3v) is 5.63. The Bertz CT molecular complexity index is 945. The molecule has 4 rings (SSSR count). The molecule has 0 unspecified atom stereocenters. The van der Waals surface area contributed by atoms with Gasteiger partial charge < -0.3 is 19.5 Å². The van der Waals surface area contributed by atoms with E-state index in [1.807, 2.05) is 6.07 Å². The summed E-state index contributed by atoms with van der Waals surface area (Å²) < 4.78 is 5.89. The van der Waals surface area contributed by atoms with Gasteiger partial charge in [-0.2, -0.15) is 0 Å². The molecule has 0 spiro atoms. The molecule has 154 valence electrons. The molecule has 1 aliphatic heterocycles. The molecule has 0 atom stereocenters. The summed E-state index contributed by atoms with van der Waals surface area (Å²) in [5, 5.41) is 1.76. The minimum atomic E-state index is 0.669. The number of benzene rings is 1. The van der Waals surface area contributed by atoms with Crippen LogP contribution in [0.1, 0.15) is 25.7 Å². The molecule has 1 aromatic carbocycles. The van der Waals surface area contributed by atoms with Gasteiger partial charge in [-0.05, 0) is 70.1 Å². The summed E-state index contributed by atoms with van der Waals surface area (Å²) >= 11 is 6.27. The number of halogens is 1. The maximum Gasteiger partial charge on any atom is 0.139 e. The number of piperidine rings is 1. The van der Waals surface area contributed by atoms with Crippen molar-refractivity contribution in [3.8, 4) is 17.0 Å². The normalized spacial score (nSPS) is 14.7. The van der Waals surface area contributed by atoms with Crippen LogP contribution >= 0.6 is 11.6 Å². The van der Waals surface area contributed by atoms with Gasteiger partial charge in [-0.25, -0.2) is 4.98 Å². The highest BCUT2D eigenvalue weighted by Gasteiger charge is 2.21. The fourth-order valence-electron chi connectivity index (χ4n) is 3.98. The third-order valence-electron chi connectivity index (χ3n) is 5.42. The lowest BCUT2D eigenvalue weighted by atomic mass is 10.1. The number of anilines is 1. The number of hydrogen-bond donors (Lipinski definition) is 1. The molecule has 0 radical (unpaired) electrons. The number of hydrogen-bond acceptors (Lipinski definition) is 4. The summed E-state index contributed by atoms with van der Waals surface area (Å²) in [6.07, 6.45) is 6.46. The van der Waals surface area contributed by atoms with Crippen molar-refractivity contribution in [2.75, 3.05) is 45.2 Å². The van der Waals surface area contributed by atoms with Gasteiger partial charge in [0, 0.05) is 36.8 Å². The minimum absolute atomic E-state index is 0.669. The van der Waals surface area contributed by atoms with E-state index in [1.54, 1.807) is 6.20 Å². The Morgan fingerprint density at radius 3 is 2.62 bits per heavy atom. The maximum atomic E-state index is 6.27. The monoisotopic (exact) mass is 412 g/mol. The van der Waals surface area contributed by atoms with Crippen LogP contribution in [0.2, 0.25) is 5.02 Å². The van der Waals surface area contributed by atoms with Crippen LogP contribution < -0.4 is 9.64 Å². The summed E-state index contributed by atoms with van der Waals surface area (Å²) in [5.41, 5.74) is 4.35. The molecule has 6 heteroatoms. The molecule has 29 heavy (non-hydrogen) atoms. The molecule has 1 N–H and O–H groups in total. The van der Waals surface area contributed by atoms with E-state index in [1.165, 1.54) is 24.9 Å². The van der Waals surface area contributed by atoms with Crippen molar-refractivity contribution in [2.45, 2.75) is 25.7 Å². The first-order chi connectivity index (χ1) is 14.1. The number of aromatic nitrogens is 2. The van der Waals surface area contributed by atoms with Crippen LogP contribution in [0.4, 0.5) is 5.69 Å². The van der Waals surface area contributed by atoms with Crippen molar-refractivity contribution in [1.82, 2.24) is 14.9 Å². The number of aromatic amines is 1. The molecule has 0 saturated carbocycles. The zero-order valence-corrected chi connectivity index (χ0v) is 18.0. The molecule has 1 fully saturated rings. The first-order valence-corrected chi connectivity index (χ1v) is 10.8. The van der Waals surface area contributed by atoms with Crippen molar-refractivity contribution < 1.29 is 4.74 Å². The lowest BCUT2D eigenvalue weighted by molar-refractivity contribution is 0.281. The standard InChI is InChI=1S/C23H29ClN4O/c1-27(2)11-6-14-29-19-9-7-17(8-10-19)21-22(28-12-4-3-5-13-28)20-15-18(24)16-25-23(20)26-21/h7-10,15-16H,3-6,11-14H2,1-2H3,(H,25,26). The number of nitrogens with zero attached hydrogens (tertiary/aromatic N) is 3. The second kappa shape index (κ2) is 9.06. The Balaban J connectivity index is 1.61. The SMILES string of the molecule is CN(C)CCCOc1ccc(-c2[nH]c3ncc(Cl)cc3c2N2CCCCC2)cc1. The predicted molar refractivity (Wildman–Crippen MR) is 121 cm³/mol. The van der Waals surface area contributed by atoms with Crippen LogP contribution in [0.25, 0.3) is 22.3 Å². The van der Waals surface area contributed by atoms with E-state index in [0.717, 1.165) is 60.7 Å². The number of rotatable bonds is 7. The van der Waals surface area contributed by atoms with Crippen molar-refractivity contribution >= 4 is 28.3 Å². The average molecular weight is 413 g/mol. The summed E-state index contributed by atoms with van der Waals surface area (Å²) in [6, 6.07) is 10.4. The van der Waals surface area contributed by atoms with E-state index in [0.29, 0.717) is 5.02 Å². The molecule has 3 aromatic rings. The zero-order chi connectivity index (χ0) is 20.2. The quantitative estimate of drug-likeness (QED) is 0.541. The average Bonchev–Trinajstić information content (AvgIpc) is 3.10. The molecular weight excluding hydrogens is 384 g/mol. The smallest absolute Gasteiger partial charge is 0.139 e. The summed E-state index contributed by atoms with van der Waals surface area (Å²) in [7, 11) is 4.16. The van der Waals surface area contributed by atoms with Gasteiger partial charge in [0.05, 0.1) is 23.0 Å². The van der Waals surface area contributed by atoms with Crippen molar-refractivity contribution in [1.29, 1.82) is 0 Å². The van der Waals surface area contributed by atoms with Gasteiger partial charge in [0.1, 0.15) is 11.4 Å². The Hall–Kier alpha value is -2.24. The van der Waals surface area contributed by atoms with Gasteiger partial charge in [-0.3, -0.25) is 0 Å². The largest absolute Gasteiger partial charge is 0.494 e. The Kier molecular flexibility index (Phi) is 6.26.